The van der Waals surface area contributed by atoms with Gasteiger partial charge in [-0.2, -0.15) is 0 Å². The molecule has 0 radical (unpaired) electrons. The van der Waals surface area contributed by atoms with Crippen molar-refractivity contribution in [2.24, 2.45) is 0 Å². The van der Waals surface area contributed by atoms with Crippen LogP contribution in [0.15, 0.2) is 12.3 Å². The molecule has 0 amide bonds. The van der Waals surface area contributed by atoms with Crippen LogP contribution >= 0.6 is 0 Å². The van der Waals surface area contributed by atoms with Gasteiger partial charge in [-0.1, -0.05) is 0 Å². The summed E-state index contributed by atoms with van der Waals surface area (Å²) in [5, 5.41) is 18.1. The van der Waals surface area contributed by atoms with Crippen molar-refractivity contribution in [1.29, 1.82) is 0 Å². The number of nitrogens with two attached hydrogens (primary N) is 1. The molecule has 1 aliphatic rings. The number of hydrogen-bond acceptors (Lipinski definition) is 6. The van der Waals surface area contributed by atoms with Crippen LogP contribution in [0.3, 0.4) is 0 Å². The molecule has 0 atom stereocenters. The first-order chi connectivity index (χ1) is 8.26. The van der Waals surface area contributed by atoms with E-state index >= 15 is 0 Å². The number of hydrogen-bond donors (Lipinski definition) is 3. The second kappa shape index (κ2) is 5.20. The molecule has 0 saturated heterocycles. The van der Waals surface area contributed by atoms with Gasteiger partial charge < -0.3 is 25.7 Å². The van der Waals surface area contributed by atoms with Gasteiger partial charge in [0.1, 0.15) is 0 Å². The lowest BCUT2D eigenvalue weighted by molar-refractivity contribution is 0.296. The molecule has 0 bridgehead atoms. The van der Waals surface area contributed by atoms with Crippen molar-refractivity contribution < 1.29 is 10.2 Å². The van der Waals surface area contributed by atoms with E-state index in [1.165, 1.54) is 0 Å². The smallest absolute Gasteiger partial charge is 0.152 e. The number of anilines is 3. The lowest BCUT2D eigenvalue weighted by Gasteiger charge is -2.37. The lowest BCUT2D eigenvalue weighted by Crippen LogP contribution is -2.43. The largest absolute Gasteiger partial charge is 0.397 e. The van der Waals surface area contributed by atoms with Gasteiger partial charge >= 0.3 is 0 Å². The zero-order valence-corrected chi connectivity index (χ0v) is 9.71. The van der Waals surface area contributed by atoms with E-state index in [0.29, 0.717) is 18.8 Å². The minimum absolute atomic E-state index is 0.103. The summed E-state index contributed by atoms with van der Waals surface area (Å²) in [6.45, 7) is 2.95. The first-order valence-electron chi connectivity index (χ1n) is 5.73. The molecule has 0 aromatic carbocycles. The van der Waals surface area contributed by atoms with Crippen molar-refractivity contribution in [3.8, 4) is 0 Å². The van der Waals surface area contributed by atoms with Crippen LogP contribution < -0.4 is 15.5 Å². The highest BCUT2D eigenvalue weighted by Gasteiger charge is 2.23. The van der Waals surface area contributed by atoms with Gasteiger partial charge in [-0.15, -0.1) is 0 Å². The summed E-state index contributed by atoms with van der Waals surface area (Å²) >= 11 is 0. The van der Waals surface area contributed by atoms with Crippen LogP contribution in [0.5, 0.6) is 0 Å². The number of pyridine rings is 1. The average Bonchev–Trinajstić information content (AvgIpc) is 2.32. The average molecular weight is 238 g/mol. The van der Waals surface area contributed by atoms with Gasteiger partial charge in [-0.3, -0.25) is 0 Å². The summed E-state index contributed by atoms with van der Waals surface area (Å²) < 4.78 is 0. The van der Waals surface area contributed by atoms with Gasteiger partial charge in [0, 0.05) is 26.2 Å². The Labute approximate surface area is 100 Å². The van der Waals surface area contributed by atoms with Crippen molar-refractivity contribution in [2.45, 2.75) is 0 Å². The van der Waals surface area contributed by atoms with Gasteiger partial charge in [0.15, 0.2) is 5.82 Å². The summed E-state index contributed by atoms with van der Waals surface area (Å²) in [6.07, 6.45) is 1.62. The molecule has 4 N–H and O–H groups in total. The van der Waals surface area contributed by atoms with Gasteiger partial charge in [-0.25, -0.2) is 4.98 Å². The Morgan fingerprint density at radius 3 is 2.53 bits per heavy atom. The molecule has 0 unspecified atom stereocenters. The van der Waals surface area contributed by atoms with Crippen LogP contribution in [0.25, 0.3) is 0 Å². The van der Waals surface area contributed by atoms with E-state index in [1.807, 2.05) is 11.0 Å². The fourth-order valence-corrected chi connectivity index (χ4v) is 2.10. The van der Waals surface area contributed by atoms with Crippen molar-refractivity contribution in [3.05, 3.63) is 12.3 Å². The molecular weight excluding hydrogens is 220 g/mol. The summed E-state index contributed by atoms with van der Waals surface area (Å²) in [5.41, 5.74) is 7.28. The first kappa shape index (κ1) is 11.9. The number of fused-ring (bicyclic) bond motifs is 1. The highest BCUT2D eigenvalue weighted by molar-refractivity contribution is 5.72. The standard InChI is InChI=1S/C11H18N4O2/c12-9-7-10-11(13-8-9)15(4-6-17)2-1-14(10)3-5-16/h7-8,16-17H,1-6,12H2. The number of aliphatic hydroxyl groups is 2. The van der Waals surface area contributed by atoms with Crippen molar-refractivity contribution in [3.63, 3.8) is 0 Å². The highest BCUT2D eigenvalue weighted by atomic mass is 16.3. The Kier molecular flexibility index (Phi) is 3.65. The van der Waals surface area contributed by atoms with E-state index in [9.17, 15) is 0 Å². The first-order valence-corrected chi connectivity index (χ1v) is 5.73. The van der Waals surface area contributed by atoms with Crippen molar-refractivity contribution in [1.82, 2.24) is 4.98 Å². The lowest BCUT2D eigenvalue weighted by atomic mass is 10.2. The number of aliphatic hydroxyl groups excluding tert-OH is 2. The second-order valence-corrected chi connectivity index (χ2v) is 4.03. The number of nitrogen functional groups attached to an aromatic ring is 1. The van der Waals surface area contributed by atoms with Crippen molar-refractivity contribution >= 4 is 17.2 Å². The quantitative estimate of drug-likeness (QED) is 0.641. The molecule has 17 heavy (non-hydrogen) atoms. The molecule has 94 valence electrons. The maximum Gasteiger partial charge on any atom is 0.152 e. The van der Waals surface area contributed by atoms with E-state index in [4.69, 9.17) is 15.9 Å². The molecule has 6 heteroatoms. The molecule has 6 nitrogen and oxygen atoms in total. The van der Waals surface area contributed by atoms with E-state index < -0.39 is 0 Å². The van der Waals surface area contributed by atoms with Crippen molar-refractivity contribution in [2.75, 3.05) is 54.9 Å². The molecule has 0 saturated carbocycles. The fourth-order valence-electron chi connectivity index (χ4n) is 2.10. The number of rotatable bonds is 4. The summed E-state index contributed by atoms with van der Waals surface area (Å²) in [6, 6.07) is 1.86. The summed E-state index contributed by atoms with van der Waals surface area (Å²) in [7, 11) is 0. The van der Waals surface area contributed by atoms with Gasteiger partial charge in [0.05, 0.1) is 30.8 Å². The molecule has 0 spiro atoms. The third-order valence-electron chi connectivity index (χ3n) is 2.89. The van der Waals surface area contributed by atoms with E-state index in [0.717, 1.165) is 24.6 Å². The molecule has 0 fully saturated rings. The normalized spacial score (nSPS) is 14.9. The number of aromatic nitrogens is 1. The second-order valence-electron chi connectivity index (χ2n) is 4.03. The Morgan fingerprint density at radius 1 is 1.18 bits per heavy atom. The molecule has 2 heterocycles. The molecule has 1 aromatic heterocycles. The maximum atomic E-state index is 9.04. The minimum atomic E-state index is 0.103. The van der Waals surface area contributed by atoms with E-state index in [-0.39, 0.29) is 13.2 Å². The summed E-state index contributed by atoms with van der Waals surface area (Å²) in [5.74, 6) is 0.827. The molecule has 0 aliphatic carbocycles. The van der Waals surface area contributed by atoms with Crippen LogP contribution in [0.1, 0.15) is 0 Å². The number of β-amino-alcohol motifs (C(OH)–C–C–N with tert-alkyl or cyclic N) is 2. The number of nitrogens with zero attached hydrogens (tertiary/aromatic N) is 3. The predicted molar refractivity (Wildman–Crippen MR) is 67.2 cm³/mol. The fraction of sp³-hybridized carbons (Fsp3) is 0.545. The third kappa shape index (κ3) is 2.42. The Hall–Kier alpha value is -1.53. The Bertz CT molecular complexity index is 386. The molecule has 2 rings (SSSR count). The van der Waals surface area contributed by atoms with Crippen LogP contribution in [0, 0.1) is 0 Å². The van der Waals surface area contributed by atoms with Gasteiger partial charge in [-0.05, 0) is 6.07 Å². The highest BCUT2D eigenvalue weighted by Crippen LogP contribution is 2.31. The third-order valence-corrected chi connectivity index (χ3v) is 2.89. The SMILES string of the molecule is Nc1cnc2c(c1)N(CCO)CCN2CCO. The van der Waals surface area contributed by atoms with Crippen LogP contribution in [-0.2, 0) is 0 Å². The van der Waals surface area contributed by atoms with Crippen LogP contribution in [0.2, 0.25) is 0 Å². The monoisotopic (exact) mass is 238 g/mol. The van der Waals surface area contributed by atoms with Gasteiger partial charge in [0.25, 0.3) is 0 Å². The molecule has 1 aliphatic heterocycles. The zero-order valence-electron chi connectivity index (χ0n) is 9.71. The Balaban J connectivity index is 2.31. The topological polar surface area (TPSA) is 85.8 Å². The van der Waals surface area contributed by atoms with E-state index in [2.05, 4.69) is 9.88 Å². The van der Waals surface area contributed by atoms with Crippen LogP contribution in [0.4, 0.5) is 17.2 Å². The minimum Gasteiger partial charge on any atom is -0.397 e. The summed E-state index contributed by atoms with van der Waals surface area (Å²) in [4.78, 5) is 8.41. The molecule has 1 aromatic rings. The predicted octanol–water partition coefficient (Wildman–Crippen LogP) is -0.725. The van der Waals surface area contributed by atoms with Gasteiger partial charge in [0.2, 0.25) is 0 Å². The zero-order chi connectivity index (χ0) is 12.3. The van der Waals surface area contributed by atoms with Crippen LogP contribution in [-0.4, -0.2) is 54.6 Å². The van der Waals surface area contributed by atoms with E-state index in [1.54, 1.807) is 6.20 Å². The molecular formula is C11H18N4O2. The Morgan fingerprint density at radius 2 is 1.82 bits per heavy atom. The maximum absolute atomic E-state index is 9.04.